The maximum Gasteiger partial charge on any atom is 0.341 e. The molecule has 1 aliphatic rings. The molecule has 1 N–H and O–H groups in total. The second kappa shape index (κ2) is 8.39. The van der Waals surface area contributed by atoms with Gasteiger partial charge in [0.15, 0.2) is 0 Å². The van der Waals surface area contributed by atoms with Crippen LogP contribution in [-0.4, -0.2) is 53.8 Å². The quantitative estimate of drug-likeness (QED) is 0.604. The van der Waals surface area contributed by atoms with Crippen LogP contribution in [-0.2, 0) is 6.54 Å². The number of benzene rings is 2. The van der Waals surface area contributed by atoms with Crippen molar-refractivity contribution in [2.45, 2.75) is 6.54 Å². The van der Waals surface area contributed by atoms with Crippen molar-refractivity contribution in [1.82, 2.24) is 9.47 Å². The van der Waals surface area contributed by atoms with Crippen molar-refractivity contribution < 1.29 is 18.7 Å². The third kappa shape index (κ3) is 4.20. The molecule has 1 aliphatic heterocycles. The summed E-state index contributed by atoms with van der Waals surface area (Å²) in [4.78, 5) is 28.4. The largest absolute Gasteiger partial charge is 0.477 e. The van der Waals surface area contributed by atoms with Gasteiger partial charge in [0.05, 0.1) is 17.7 Å². The number of aromatic nitrogens is 1. The molecule has 3 aromatic rings. The van der Waals surface area contributed by atoms with E-state index in [4.69, 9.17) is 0 Å². The average molecular weight is 492 g/mol. The van der Waals surface area contributed by atoms with Gasteiger partial charge in [0, 0.05) is 47.8 Å². The van der Waals surface area contributed by atoms with E-state index in [1.165, 1.54) is 16.8 Å². The number of likely N-dealkylation sites (N-methyl/N-ethyl adjacent to an activating group) is 1. The van der Waals surface area contributed by atoms with E-state index in [2.05, 4.69) is 20.8 Å². The van der Waals surface area contributed by atoms with E-state index in [1.54, 1.807) is 18.2 Å². The first-order valence-electron chi connectivity index (χ1n) is 9.72. The Morgan fingerprint density at radius 3 is 2.45 bits per heavy atom. The van der Waals surface area contributed by atoms with Crippen LogP contribution in [0.15, 0.2) is 45.8 Å². The molecule has 1 fully saturated rings. The Bertz CT molecular complexity index is 1240. The number of fused-ring (bicyclic) bond motifs is 1. The number of anilines is 1. The number of hydrogen-bond donors (Lipinski definition) is 1. The molecule has 1 saturated heterocycles. The van der Waals surface area contributed by atoms with Crippen molar-refractivity contribution in [1.29, 1.82) is 0 Å². The summed E-state index contributed by atoms with van der Waals surface area (Å²) in [7, 11) is 1.99. The molecule has 0 bridgehead atoms. The fraction of sp³-hybridized carbons (Fsp3) is 0.273. The lowest BCUT2D eigenvalue weighted by molar-refractivity contribution is 0.0695. The third-order valence-corrected chi connectivity index (χ3v) is 6.07. The zero-order valence-corrected chi connectivity index (χ0v) is 18.3. The fourth-order valence-corrected chi connectivity index (χ4v) is 4.14. The molecule has 0 unspecified atom stereocenters. The third-order valence-electron chi connectivity index (χ3n) is 5.58. The number of halogens is 3. The maximum atomic E-state index is 15.0. The second-order valence-electron chi connectivity index (χ2n) is 7.65. The molecule has 0 spiro atoms. The number of pyridine rings is 1. The molecule has 6 nitrogen and oxygen atoms in total. The van der Waals surface area contributed by atoms with Crippen molar-refractivity contribution in [3.63, 3.8) is 0 Å². The minimum Gasteiger partial charge on any atom is -0.477 e. The molecule has 9 heteroatoms. The topological polar surface area (TPSA) is 65.8 Å². The molecule has 162 valence electrons. The Kier molecular flexibility index (Phi) is 5.81. The minimum absolute atomic E-state index is 0.00994. The van der Waals surface area contributed by atoms with E-state index in [9.17, 15) is 23.5 Å². The first-order chi connectivity index (χ1) is 14.7. The lowest BCUT2D eigenvalue weighted by Crippen LogP contribution is -2.44. The van der Waals surface area contributed by atoms with Crippen molar-refractivity contribution in [2.75, 3.05) is 38.1 Å². The molecular weight excluding hydrogens is 472 g/mol. The maximum absolute atomic E-state index is 15.0. The molecule has 4 rings (SSSR count). The molecule has 2 heterocycles. The normalized spacial score (nSPS) is 14.9. The number of carboxylic acids is 1. The Morgan fingerprint density at radius 1 is 1.10 bits per heavy atom. The van der Waals surface area contributed by atoms with Gasteiger partial charge in [-0.05, 0) is 31.3 Å². The van der Waals surface area contributed by atoms with Gasteiger partial charge in [0.2, 0.25) is 5.43 Å². The number of carboxylic acid groups (broad SMARTS) is 1. The number of nitrogens with zero attached hydrogens (tertiary/aromatic N) is 3. The van der Waals surface area contributed by atoms with Gasteiger partial charge < -0.3 is 19.5 Å². The zero-order valence-electron chi connectivity index (χ0n) is 16.7. The lowest BCUT2D eigenvalue weighted by atomic mass is 10.1. The average Bonchev–Trinajstić information content (AvgIpc) is 2.72. The summed E-state index contributed by atoms with van der Waals surface area (Å²) in [6, 6.07) is 7.21. The molecule has 0 atom stereocenters. The molecule has 0 saturated carbocycles. The summed E-state index contributed by atoms with van der Waals surface area (Å²) in [5.41, 5.74) is -0.244. The van der Waals surface area contributed by atoms with Crippen LogP contribution in [0.4, 0.5) is 14.5 Å². The predicted octanol–water partition coefficient (Wildman–Crippen LogP) is 3.54. The summed E-state index contributed by atoms with van der Waals surface area (Å²) in [5, 5.41) is 9.41. The Labute approximate surface area is 185 Å². The molecule has 1 aromatic heterocycles. The molecule has 31 heavy (non-hydrogen) atoms. The first-order valence-corrected chi connectivity index (χ1v) is 10.5. The van der Waals surface area contributed by atoms with E-state index >= 15 is 0 Å². The van der Waals surface area contributed by atoms with Crippen molar-refractivity contribution in [3.05, 3.63) is 74.0 Å². The van der Waals surface area contributed by atoms with Crippen LogP contribution in [0.5, 0.6) is 0 Å². The highest BCUT2D eigenvalue weighted by molar-refractivity contribution is 9.10. The number of aromatic carboxylic acids is 1. The van der Waals surface area contributed by atoms with Gasteiger partial charge in [0.1, 0.15) is 17.2 Å². The molecule has 0 amide bonds. The van der Waals surface area contributed by atoms with E-state index in [0.29, 0.717) is 34.3 Å². The zero-order chi connectivity index (χ0) is 22.3. The van der Waals surface area contributed by atoms with Crippen LogP contribution in [0.2, 0.25) is 0 Å². The predicted molar refractivity (Wildman–Crippen MR) is 118 cm³/mol. The van der Waals surface area contributed by atoms with E-state index in [0.717, 1.165) is 19.2 Å². The number of carbonyl (C=O) groups is 1. The molecular formula is C22H20BrF2N3O3. The second-order valence-corrected chi connectivity index (χ2v) is 8.57. The van der Waals surface area contributed by atoms with Gasteiger partial charge in [0.25, 0.3) is 0 Å². The van der Waals surface area contributed by atoms with Gasteiger partial charge in [-0.25, -0.2) is 13.6 Å². The monoisotopic (exact) mass is 491 g/mol. The van der Waals surface area contributed by atoms with Crippen LogP contribution in [0.1, 0.15) is 15.9 Å². The van der Waals surface area contributed by atoms with Gasteiger partial charge in [-0.1, -0.05) is 22.0 Å². The van der Waals surface area contributed by atoms with Crippen LogP contribution >= 0.6 is 15.9 Å². The standard InChI is InChI=1S/C22H20BrF2N3O3/c1-26-4-6-27(7-5-26)20-10-19-15(9-18(20)25)21(29)16(22(30)31)12-28(19)11-13-2-3-14(23)8-17(13)24/h2-3,8-10,12H,4-7,11H2,1H3,(H,30,31). The summed E-state index contributed by atoms with van der Waals surface area (Å²) in [6.07, 6.45) is 1.19. The lowest BCUT2D eigenvalue weighted by Gasteiger charge is -2.34. The number of hydrogen-bond acceptors (Lipinski definition) is 4. The van der Waals surface area contributed by atoms with Crippen LogP contribution in [0.3, 0.4) is 0 Å². The molecule has 0 aliphatic carbocycles. The smallest absolute Gasteiger partial charge is 0.341 e. The summed E-state index contributed by atoms with van der Waals surface area (Å²) in [5.74, 6) is -2.47. The molecule has 2 aromatic carbocycles. The summed E-state index contributed by atoms with van der Waals surface area (Å²) < 4.78 is 31.5. The highest BCUT2D eigenvalue weighted by atomic mass is 79.9. The Morgan fingerprint density at radius 2 is 1.81 bits per heavy atom. The number of rotatable bonds is 4. The van der Waals surface area contributed by atoms with Crippen molar-refractivity contribution in [3.8, 4) is 0 Å². The first kappa shape index (κ1) is 21.5. The fourth-order valence-electron chi connectivity index (χ4n) is 3.81. The SMILES string of the molecule is CN1CCN(c2cc3c(cc2F)c(=O)c(C(=O)O)cn3Cc2ccc(Br)cc2F)CC1. The van der Waals surface area contributed by atoms with Crippen molar-refractivity contribution in [2.24, 2.45) is 0 Å². The van der Waals surface area contributed by atoms with E-state index in [-0.39, 0.29) is 11.9 Å². The van der Waals surface area contributed by atoms with Gasteiger partial charge >= 0.3 is 5.97 Å². The van der Waals surface area contributed by atoms with Gasteiger partial charge in [-0.15, -0.1) is 0 Å². The molecule has 0 radical (unpaired) electrons. The number of piperazine rings is 1. The summed E-state index contributed by atoms with van der Waals surface area (Å²) >= 11 is 3.21. The van der Waals surface area contributed by atoms with Crippen LogP contribution < -0.4 is 10.3 Å². The van der Waals surface area contributed by atoms with E-state index < -0.39 is 28.6 Å². The minimum atomic E-state index is -1.42. The Balaban J connectivity index is 1.89. The highest BCUT2D eigenvalue weighted by Gasteiger charge is 2.22. The van der Waals surface area contributed by atoms with Crippen molar-refractivity contribution >= 4 is 38.5 Å². The summed E-state index contributed by atoms with van der Waals surface area (Å²) in [6.45, 7) is 2.78. The van der Waals surface area contributed by atoms with Crippen LogP contribution in [0.25, 0.3) is 10.9 Å². The van der Waals surface area contributed by atoms with E-state index in [1.807, 2.05) is 11.9 Å². The van der Waals surface area contributed by atoms with Gasteiger partial charge in [-0.3, -0.25) is 4.79 Å². The highest BCUT2D eigenvalue weighted by Crippen LogP contribution is 2.27. The Hall–Kier alpha value is -2.78. The van der Waals surface area contributed by atoms with Crippen LogP contribution in [0, 0.1) is 11.6 Å². The van der Waals surface area contributed by atoms with Gasteiger partial charge in [-0.2, -0.15) is 0 Å².